The van der Waals surface area contributed by atoms with Gasteiger partial charge >= 0.3 is 0 Å². The number of nitrogen functional groups attached to an aromatic ring is 1. The highest BCUT2D eigenvalue weighted by Gasteiger charge is 2.24. The number of fused-ring (bicyclic) bond motifs is 1. The summed E-state index contributed by atoms with van der Waals surface area (Å²) in [4.78, 5) is 11.0. The highest BCUT2D eigenvalue weighted by atomic mass is 15.4. The molecule has 1 atom stereocenters. The van der Waals surface area contributed by atoms with Gasteiger partial charge in [-0.2, -0.15) is 4.68 Å². The number of nitrogens with zero attached hydrogens (tertiary/aromatic N) is 6. The topological polar surface area (TPSA) is 85.8 Å². The van der Waals surface area contributed by atoms with Gasteiger partial charge in [-0.1, -0.05) is 17.3 Å². The van der Waals surface area contributed by atoms with E-state index in [9.17, 15) is 0 Å². The maximum absolute atomic E-state index is 6.40. The summed E-state index contributed by atoms with van der Waals surface area (Å²) >= 11 is 0. The smallest absolute Gasteiger partial charge is 0.184 e. The van der Waals surface area contributed by atoms with Crippen LogP contribution in [0.25, 0.3) is 16.9 Å². The van der Waals surface area contributed by atoms with E-state index in [0.29, 0.717) is 17.5 Å². The zero-order valence-corrected chi connectivity index (χ0v) is 13.1. The molecule has 0 spiro atoms. The Morgan fingerprint density at radius 3 is 2.83 bits per heavy atom. The van der Waals surface area contributed by atoms with Gasteiger partial charge in [-0.3, -0.25) is 0 Å². The van der Waals surface area contributed by atoms with Crippen molar-refractivity contribution in [1.29, 1.82) is 0 Å². The zero-order chi connectivity index (χ0) is 15.8. The molecule has 1 saturated heterocycles. The number of nitrogens with two attached hydrogens (primary N) is 1. The molecule has 0 amide bonds. The predicted molar refractivity (Wildman–Crippen MR) is 89.5 cm³/mol. The van der Waals surface area contributed by atoms with Gasteiger partial charge in [-0.05, 0) is 38.3 Å². The lowest BCUT2D eigenvalue weighted by Crippen LogP contribution is -2.38. The summed E-state index contributed by atoms with van der Waals surface area (Å²) in [7, 11) is 0. The summed E-state index contributed by atoms with van der Waals surface area (Å²) in [5.74, 6) is 1.38. The number of para-hydroxylation sites is 1. The number of piperidine rings is 1. The summed E-state index contributed by atoms with van der Waals surface area (Å²) in [6.07, 6.45) is 5.13. The Morgan fingerprint density at radius 2 is 1.96 bits per heavy atom. The molecule has 3 aromatic rings. The molecule has 2 N–H and O–H groups in total. The second-order valence-electron chi connectivity index (χ2n) is 5.96. The third kappa shape index (κ3) is 2.28. The van der Waals surface area contributed by atoms with Crippen molar-refractivity contribution in [3.8, 4) is 5.82 Å². The molecule has 1 unspecified atom stereocenters. The minimum Gasteiger partial charge on any atom is -0.393 e. The summed E-state index contributed by atoms with van der Waals surface area (Å²) < 4.78 is 1.68. The van der Waals surface area contributed by atoms with Crippen LogP contribution >= 0.6 is 0 Å². The zero-order valence-electron chi connectivity index (χ0n) is 13.1. The Labute approximate surface area is 134 Å². The highest BCUT2D eigenvalue weighted by molar-refractivity contribution is 5.79. The van der Waals surface area contributed by atoms with Gasteiger partial charge in [0.15, 0.2) is 11.6 Å². The number of benzene rings is 1. The van der Waals surface area contributed by atoms with Crippen molar-refractivity contribution in [1.82, 2.24) is 25.0 Å². The van der Waals surface area contributed by atoms with Crippen molar-refractivity contribution in [3.63, 3.8) is 0 Å². The molecule has 0 saturated carbocycles. The van der Waals surface area contributed by atoms with Crippen molar-refractivity contribution >= 4 is 22.5 Å². The first kappa shape index (κ1) is 13.9. The number of aromatic nitrogens is 5. The number of hydrogen-bond acceptors (Lipinski definition) is 6. The predicted octanol–water partition coefficient (Wildman–Crippen LogP) is 2.17. The van der Waals surface area contributed by atoms with E-state index in [1.54, 1.807) is 11.0 Å². The van der Waals surface area contributed by atoms with Crippen LogP contribution < -0.4 is 10.6 Å². The molecular formula is C16H19N7. The van der Waals surface area contributed by atoms with E-state index in [1.165, 1.54) is 6.42 Å². The molecule has 2 aromatic heterocycles. The molecule has 7 heteroatoms. The molecule has 1 aliphatic rings. The fourth-order valence-electron chi connectivity index (χ4n) is 3.21. The van der Waals surface area contributed by atoms with Crippen LogP contribution in [0, 0.1) is 0 Å². The van der Waals surface area contributed by atoms with Crippen LogP contribution in [0.4, 0.5) is 11.5 Å². The molecule has 1 aliphatic heterocycles. The Bertz CT molecular complexity index is 841. The normalized spacial score (nSPS) is 18.5. The molecule has 118 valence electrons. The van der Waals surface area contributed by atoms with Gasteiger partial charge in [0.05, 0.1) is 5.52 Å². The molecule has 3 heterocycles. The fraction of sp³-hybridized carbons (Fsp3) is 0.375. The Balaban J connectivity index is 1.83. The molecular weight excluding hydrogens is 290 g/mol. The average molecular weight is 309 g/mol. The molecule has 23 heavy (non-hydrogen) atoms. The monoisotopic (exact) mass is 309 g/mol. The van der Waals surface area contributed by atoms with Gasteiger partial charge in [0.25, 0.3) is 0 Å². The van der Waals surface area contributed by atoms with Crippen LogP contribution in [0.5, 0.6) is 0 Å². The molecule has 0 aliphatic carbocycles. The van der Waals surface area contributed by atoms with E-state index < -0.39 is 0 Å². The summed E-state index contributed by atoms with van der Waals surface area (Å²) in [5.41, 5.74) is 8.66. The lowest BCUT2D eigenvalue weighted by molar-refractivity contribution is 0.481. The molecule has 4 rings (SSSR count). The van der Waals surface area contributed by atoms with Crippen molar-refractivity contribution in [2.75, 3.05) is 17.2 Å². The SMILES string of the molecule is CC1CCCCN1c1ncnc(-n2nnc3ccccc32)c1N. The first-order valence-electron chi connectivity index (χ1n) is 7.93. The third-order valence-electron chi connectivity index (χ3n) is 4.47. The second kappa shape index (κ2) is 5.49. The summed E-state index contributed by atoms with van der Waals surface area (Å²) in [6, 6.07) is 8.20. The molecule has 1 fully saturated rings. The van der Waals surface area contributed by atoms with Crippen LogP contribution in [-0.4, -0.2) is 37.5 Å². The van der Waals surface area contributed by atoms with Gasteiger partial charge in [-0.15, -0.1) is 5.10 Å². The standard InChI is InChI=1S/C16H19N7/c1-11-6-4-5-9-22(11)15-14(17)16(19-10-18-15)23-13-8-3-2-7-12(13)20-21-23/h2-3,7-8,10-11H,4-6,9,17H2,1H3. The third-order valence-corrected chi connectivity index (χ3v) is 4.47. The van der Waals surface area contributed by atoms with Crippen LogP contribution in [0.3, 0.4) is 0 Å². The molecule has 0 bridgehead atoms. The minimum atomic E-state index is 0.432. The number of hydrogen-bond donors (Lipinski definition) is 1. The van der Waals surface area contributed by atoms with Crippen molar-refractivity contribution in [3.05, 3.63) is 30.6 Å². The molecule has 1 aromatic carbocycles. The molecule has 0 radical (unpaired) electrons. The summed E-state index contributed by atoms with van der Waals surface area (Å²) in [5, 5.41) is 8.39. The van der Waals surface area contributed by atoms with E-state index in [2.05, 4.69) is 32.1 Å². The van der Waals surface area contributed by atoms with Crippen molar-refractivity contribution < 1.29 is 0 Å². The van der Waals surface area contributed by atoms with Gasteiger partial charge in [0.2, 0.25) is 0 Å². The largest absolute Gasteiger partial charge is 0.393 e. The van der Waals surface area contributed by atoms with Gasteiger partial charge in [0, 0.05) is 12.6 Å². The maximum atomic E-state index is 6.40. The maximum Gasteiger partial charge on any atom is 0.184 e. The quantitative estimate of drug-likeness (QED) is 0.781. The Hall–Kier alpha value is -2.70. The van der Waals surface area contributed by atoms with E-state index in [-0.39, 0.29) is 0 Å². The van der Waals surface area contributed by atoms with Gasteiger partial charge in [0.1, 0.15) is 17.5 Å². The minimum absolute atomic E-state index is 0.432. The van der Waals surface area contributed by atoms with Crippen LogP contribution in [0.15, 0.2) is 30.6 Å². The van der Waals surface area contributed by atoms with Gasteiger partial charge < -0.3 is 10.6 Å². The molecule has 7 nitrogen and oxygen atoms in total. The van der Waals surface area contributed by atoms with Crippen LogP contribution in [-0.2, 0) is 0 Å². The Kier molecular flexibility index (Phi) is 3.33. The second-order valence-corrected chi connectivity index (χ2v) is 5.96. The Morgan fingerprint density at radius 1 is 1.13 bits per heavy atom. The van der Waals surface area contributed by atoms with E-state index >= 15 is 0 Å². The van der Waals surface area contributed by atoms with Crippen molar-refractivity contribution in [2.24, 2.45) is 0 Å². The summed E-state index contributed by atoms with van der Waals surface area (Å²) in [6.45, 7) is 3.19. The average Bonchev–Trinajstić information content (AvgIpc) is 3.00. The first-order valence-corrected chi connectivity index (χ1v) is 7.93. The van der Waals surface area contributed by atoms with E-state index in [0.717, 1.165) is 36.2 Å². The highest BCUT2D eigenvalue weighted by Crippen LogP contribution is 2.30. The van der Waals surface area contributed by atoms with Gasteiger partial charge in [-0.25, -0.2) is 9.97 Å². The van der Waals surface area contributed by atoms with E-state index in [4.69, 9.17) is 5.73 Å². The first-order chi connectivity index (χ1) is 11.3. The van der Waals surface area contributed by atoms with Crippen molar-refractivity contribution in [2.45, 2.75) is 32.2 Å². The number of anilines is 2. The van der Waals surface area contributed by atoms with E-state index in [1.807, 2.05) is 24.3 Å². The lowest BCUT2D eigenvalue weighted by atomic mass is 10.0. The lowest BCUT2D eigenvalue weighted by Gasteiger charge is -2.35. The van der Waals surface area contributed by atoms with Crippen LogP contribution in [0.1, 0.15) is 26.2 Å². The fourth-order valence-corrected chi connectivity index (χ4v) is 3.21. The van der Waals surface area contributed by atoms with Crippen LogP contribution in [0.2, 0.25) is 0 Å². The number of rotatable bonds is 2.